The molecule has 0 radical (unpaired) electrons. The van der Waals surface area contributed by atoms with Crippen molar-refractivity contribution in [1.29, 1.82) is 0 Å². The van der Waals surface area contributed by atoms with E-state index in [4.69, 9.17) is 20.0 Å². The van der Waals surface area contributed by atoms with E-state index in [1.165, 1.54) is 35.1 Å². The van der Waals surface area contributed by atoms with E-state index < -0.39 is 29.4 Å². The summed E-state index contributed by atoms with van der Waals surface area (Å²) in [4.78, 5) is 59.0. The summed E-state index contributed by atoms with van der Waals surface area (Å²) < 4.78 is 13.5. The third kappa shape index (κ3) is 4.56. The van der Waals surface area contributed by atoms with Crippen LogP contribution in [0.5, 0.6) is 11.5 Å². The lowest BCUT2D eigenvalue weighted by Gasteiger charge is -2.45. The average molecular weight is 549 g/mol. The minimum Gasteiger partial charge on any atom is -0.493 e. The van der Waals surface area contributed by atoms with Crippen molar-refractivity contribution >= 4 is 34.5 Å². The van der Waals surface area contributed by atoms with Crippen molar-refractivity contribution in [2.75, 3.05) is 26.3 Å². The third-order valence-electron chi connectivity index (χ3n) is 7.61. The molecule has 3 heterocycles. The minimum atomic E-state index is -1.25. The lowest BCUT2D eigenvalue weighted by Crippen LogP contribution is -2.55. The van der Waals surface area contributed by atoms with Gasteiger partial charge in [0.25, 0.3) is 11.8 Å². The first kappa shape index (κ1) is 27.2. The van der Waals surface area contributed by atoms with Gasteiger partial charge in [-0.05, 0) is 63.3 Å². The van der Waals surface area contributed by atoms with Crippen LogP contribution in [0, 0.1) is 5.92 Å². The maximum Gasteiger partial charge on any atom is 0.328 e. The number of amides is 4. The first-order valence-corrected chi connectivity index (χ1v) is 13.4. The summed E-state index contributed by atoms with van der Waals surface area (Å²) in [7, 11) is 0. The Labute approximate surface area is 231 Å². The van der Waals surface area contributed by atoms with E-state index in [9.17, 15) is 19.2 Å². The summed E-state index contributed by atoms with van der Waals surface area (Å²) in [5.41, 5.74) is 5.65. The fourth-order valence-corrected chi connectivity index (χ4v) is 5.49. The standard InChI is InChI=1S/C29H32N4O7/c1-4-38-24-16-19(15-22-20(24)8-13-32(22)39-5-2)27(36)33(28(30)37)26(35)18-6-7-23-21(14-18)25(34)17(3)29(40-23)9-11-31-12-10-29/h6-8,13-17,31H,4-5,9-12H2,1-3H3,(H2,30,37)/t17-/m0/s1. The maximum absolute atomic E-state index is 13.6. The first-order valence-electron chi connectivity index (χ1n) is 13.4. The molecule has 5 rings (SSSR count). The number of aromatic nitrogens is 1. The second kappa shape index (κ2) is 10.6. The molecule has 0 bridgehead atoms. The molecule has 11 nitrogen and oxygen atoms in total. The molecular weight excluding hydrogens is 516 g/mol. The number of nitrogens with zero attached hydrogens (tertiary/aromatic N) is 2. The van der Waals surface area contributed by atoms with Crippen LogP contribution in [0.2, 0.25) is 0 Å². The average Bonchev–Trinajstić information content (AvgIpc) is 3.35. The monoisotopic (exact) mass is 548 g/mol. The van der Waals surface area contributed by atoms with E-state index in [0.29, 0.717) is 53.4 Å². The number of carbonyl (C=O) groups excluding carboxylic acids is 4. The van der Waals surface area contributed by atoms with Gasteiger partial charge in [0.1, 0.15) is 23.7 Å². The fraction of sp³-hybridized carbons (Fsp3) is 0.379. The molecule has 1 atom stereocenters. The van der Waals surface area contributed by atoms with Crippen LogP contribution in [0.15, 0.2) is 42.6 Å². The number of fused-ring (bicyclic) bond motifs is 2. The number of carbonyl (C=O) groups is 4. The number of hydrogen-bond donors (Lipinski definition) is 2. The van der Waals surface area contributed by atoms with E-state index in [2.05, 4.69) is 5.32 Å². The molecule has 2 aliphatic rings. The lowest BCUT2D eigenvalue weighted by atomic mass is 9.75. The molecule has 0 unspecified atom stereocenters. The van der Waals surface area contributed by atoms with Crippen molar-refractivity contribution in [3.8, 4) is 11.5 Å². The number of urea groups is 1. The van der Waals surface area contributed by atoms with Gasteiger partial charge in [-0.15, -0.1) is 0 Å². The Hall–Kier alpha value is -4.38. The molecular formula is C29H32N4O7. The molecule has 2 aliphatic heterocycles. The number of benzene rings is 2. The quantitative estimate of drug-likeness (QED) is 0.448. The van der Waals surface area contributed by atoms with E-state index >= 15 is 0 Å². The molecule has 2 aromatic carbocycles. The number of nitrogens with two attached hydrogens (primary N) is 1. The van der Waals surface area contributed by atoms with E-state index in [1.807, 2.05) is 13.8 Å². The molecule has 3 aromatic rings. The highest BCUT2D eigenvalue weighted by atomic mass is 16.7. The van der Waals surface area contributed by atoms with Gasteiger partial charge >= 0.3 is 6.03 Å². The van der Waals surface area contributed by atoms with Crippen molar-refractivity contribution in [1.82, 2.24) is 14.9 Å². The number of ketones is 1. The molecule has 11 heteroatoms. The highest BCUT2D eigenvalue weighted by molar-refractivity contribution is 6.21. The van der Waals surface area contributed by atoms with Crippen LogP contribution in [0.25, 0.3) is 10.9 Å². The molecule has 4 amide bonds. The normalized spacial score (nSPS) is 17.7. The second-order valence-corrected chi connectivity index (χ2v) is 9.90. The SMILES string of the molecule is CCOc1cc(C(=O)N(C(N)=O)C(=O)c2ccc3c(c2)C(=O)[C@H](C)C2(CCNCC2)O3)cc2c1ccn2OCC. The van der Waals surface area contributed by atoms with Crippen LogP contribution in [-0.4, -0.2) is 65.2 Å². The molecule has 1 spiro atoms. The van der Waals surface area contributed by atoms with Gasteiger partial charge in [-0.1, -0.05) is 6.92 Å². The highest BCUT2D eigenvalue weighted by Crippen LogP contribution is 2.42. The van der Waals surface area contributed by atoms with Gasteiger partial charge in [0.15, 0.2) is 5.78 Å². The van der Waals surface area contributed by atoms with Gasteiger partial charge in [-0.25, -0.2) is 4.79 Å². The van der Waals surface area contributed by atoms with Crippen LogP contribution in [0.3, 0.4) is 0 Å². The number of hydrogen-bond acceptors (Lipinski definition) is 8. The molecule has 1 aromatic heterocycles. The zero-order valence-electron chi connectivity index (χ0n) is 22.7. The number of rotatable bonds is 6. The van der Waals surface area contributed by atoms with Crippen LogP contribution >= 0.6 is 0 Å². The summed E-state index contributed by atoms with van der Waals surface area (Å²) in [5.74, 6) is -1.71. The van der Waals surface area contributed by atoms with Crippen molar-refractivity contribution in [3.63, 3.8) is 0 Å². The van der Waals surface area contributed by atoms with Gasteiger partial charge in [0, 0.05) is 35.6 Å². The molecule has 1 saturated heterocycles. The Balaban J connectivity index is 1.50. The number of Topliss-reactive ketones (excluding diaryl/α,β-unsaturated/α-hetero) is 1. The van der Waals surface area contributed by atoms with E-state index in [-0.39, 0.29) is 22.5 Å². The molecule has 0 saturated carbocycles. The van der Waals surface area contributed by atoms with Crippen LogP contribution in [-0.2, 0) is 0 Å². The summed E-state index contributed by atoms with van der Waals surface area (Å²) in [6.07, 6.45) is 3.05. The maximum atomic E-state index is 13.6. The largest absolute Gasteiger partial charge is 0.493 e. The van der Waals surface area contributed by atoms with Gasteiger partial charge in [-0.2, -0.15) is 9.63 Å². The summed E-state index contributed by atoms with van der Waals surface area (Å²) in [5, 5.41) is 3.97. The van der Waals surface area contributed by atoms with Crippen molar-refractivity contribution in [3.05, 3.63) is 59.3 Å². The van der Waals surface area contributed by atoms with Crippen molar-refractivity contribution in [2.24, 2.45) is 11.7 Å². The van der Waals surface area contributed by atoms with E-state index in [0.717, 1.165) is 13.1 Å². The van der Waals surface area contributed by atoms with Gasteiger partial charge in [-0.3, -0.25) is 14.4 Å². The summed E-state index contributed by atoms with van der Waals surface area (Å²) in [6, 6.07) is 7.81. The van der Waals surface area contributed by atoms with Gasteiger partial charge in [0.05, 0.1) is 23.6 Å². The molecule has 1 fully saturated rings. The summed E-state index contributed by atoms with van der Waals surface area (Å²) in [6.45, 7) is 7.62. The minimum absolute atomic E-state index is 0.00148. The molecule has 210 valence electrons. The van der Waals surface area contributed by atoms with Crippen molar-refractivity contribution in [2.45, 2.75) is 39.2 Å². The Bertz CT molecular complexity index is 1510. The van der Waals surface area contributed by atoms with E-state index in [1.54, 1.807) is 19.2 Å². The van der Waals surface area contributed by atoms with Crippen LogP contribution in [0.4, 0.5) is 4.79 Å². The molecule has 0 aliphatic carbocycles. The van der Waals surface area contributed by atoms with Crippen LogP contribution < -0.4 is 25.4 Å². The lowest BCUT2D eigenvalue weighted by molar-refractivity contribution is -0.0152. The Morgan fingerprint density at radius 1 is 1.07 bits per heavy atom. The number of imide groups is 3. The number of nitrogens with one attached hydrogen (secondary N) is 1. The highest BCUT2D eigenvalue weighted by Gasteiger charge is 2.48. The first-order chi connectivity index (χ1) is 19.2. The molecule has 40 heavy (non-hydrogen) atoms. The predicted molar refractivity (Wildman–Crippen MR) is 146 cm³/mol. The second-order valence-electron chi connectivity index (χ2n) is 9.90. The zero-order valence-corrected chi connectivity index (χ0v) is 22.7. The van der Waals surface area contributed by atoms with Gasteiger partial charge in [0.2, 0.25) is 0 Å². The van der Waals surface area contributed by atoms with Gasteiger partial charge < -0.3 is 25.4 Å². The summed E-state index contributed by atoms with van der Waals surface area (Å²) >= 11 is 0. The van der Waals surface area contributed by atoms with Crippen molar-refractivity contribution < 1.29 is 33.5 Å². The zero-order chi connectivity index (χ0) is 28.6. The topological polar surface area (TPSA) is 142 Å². The number of piperidine rings is 1. The Kier molecular flexibility index (Phi) is 7.24. The fourth-order valence-electron chi connectivity index (χ4n) is 5.49. The molecule has 3 N–H and O–H groups in total. The number of ether oxygens (including phenoxy) is 2. The third-order valence-corrected chi connectivity index (χ3v) is 7.61. The smallest absolute Gasteiger partial charge is 0.328 e. The number of primary amides is 1. The Morgan fingerprint density at radius 3 is 2.48 bits per heavy atom. The Morgan fingerprint density at radius 2 is 1.80 bits per heavy atom. The predicted octanol–water partition coefficient (Wildman–Crippen LogP) is 3.18. The van der Waals surface area contributed by atoms with Crippen LogP contribution in [0.1, 0.15) is 64.7 Å².